The molecule has 2 rings (SSSR count). The van der Waals surface area contributed by atoms with Crippen LogP contribution in [0.1, 0.15) is 25.7 Å². The number of fused-ring (bicyclic) bond motifs is 2. The number of rotatable bonds is 3. The van der Waals surface area contributed by atoms with Crippen LogP contribution in [0, 0.1) is 5.92 Å². The second-order valence-electron chi connectivity index (χ2n) is 4.76. The van der Waals surface area contributed by atoms with Crippen LogP contribution in [0.5, 0.6) is 0 Å². The lowest BCUT2D eigenvalue weighted by molar-refractivity contribution is -0.141. The molecule has 4 nitrogen and oxygen atoms in total. The molecule has 2 aliphatic heterocycles. The lowest BCUT2D eigenvalue weighted by Crippen LogP contribution is -2.51. The summed E-state index contributed by atoms with van der Waals surface area (Å²) in [5, 5.41) is 8.87. The Labute approximate surface area is 90.2 Å². The van der Waals surface area contributed by atoms with E-state index in [9.17, 15) is 4.79 Å². The molecule has 2 fully saturated rings. The molecule has 2 saturated heterocycles. The maximum Gasteiger partial charge on any atom is 0.303 e. The Kier molecular flexibility index (Phi) is 2.98. The molecule has 0 aromatic heterocycles. The van der Waals surface area contributed by atoms with Gasteiger partial charge in [-0.3, -0.25) is 9.69 Å². The van der Waals surface area contributed by atoms with Crippen molar-refractivity contribution in [1.82, 2.24) is 4.90 Å². The van der Waals surface area contributed by atoms with E-state index in [1.165, 1.54) is 6.42 Å². The minimum atomic E-state index is -0.703. The first-order valence-electron chi connectivity index (χ1n) is 5.60. The predicted octanol–water partition coefficient (Wildman–Crippen LogP) is 0.959. The molecule has 1 N–H and O–H groups in total. The SMILES string of the molecule is COC1C(CC(=O)O)CC2CCC1N2C. The zero-order valence-electron chi connectivity index (χ0n) is 9.35. The van der Waals surface area contributed by atoms with Crippen molar-refractivity contribution in [2.45, 2.75) is 43.9 Å². The molecular weight excluding hydrogens is 194 g/mol. The van der Waals surface area contributed by atoms with Crippen molar-refractivity contribution in [3.63, 3.8) is 0 Å². The monoisotopic (exact) mass is 213 g/mol. The van der Waals surface area contributed by atoms with Crippen LogP contribution in [0.25, 0.3) is 0 Å². The minimum absolute atomic E-state index is 0.102. The molecule has 2 bridgehead atoms. The van der Waals surface area contributed by atoms with Crippen molar-refractivity contribution in [3.8, 4) is 0 Å². The molecule has 0 aromatic carbocycles. The summed E-state index contributed by atoms with van der Waals surface area (Å²) in [6, 6.07) is 1.00. The van der Waals surface area contributed by atoms with Crippen molar-refractivity contribution in [3.05, 3.63) is 0 Å². The molecule has 0 radical (unpaired) electrons. The summed E-state index contributed by atoms with van der Waals surface area (Å²) in [7, 11) is 3.83. The maximum absolute atomic E-state index is 10.8. The predicted molar refractivity (Wildman–Crippen MR) is 55.7 cm³/mol. The second-order valence-corrected chi connectivity index (χ2v) is 4.76. The van der Waals surface area contributed by atoms with Crippen LogP contribution >= 0.6 is 0 Å². The molecule has 0 amide bonds. The molecule has 0 aliphatic carbocycles. The molecule has 86 valence electrons. The van der Waals surface area contributed by atoms with Crippen molar-refractivity contribution >= 4 is 5.97 Å². The number of likely N-dealkylation sites (N-methyl/N-ethyl adjacent to an activating group) is 1. The molecule has 2 aliphatic rings. The maximum atomic E-state index is 10.8. The standard InChI is InChI=1S/C11H19NO3/c1-12-8-3-4-9(12)11(15-2)7(5-8)6-10(13)14/h7-9,11H,3-6H2,1-2H3,(H,13,14). The van der Waals surface area contributed by atoms with Gasteiger partial charge in [0.2, 0.25) is 0 Å². The van der Waals surface area contributed by atoms with Crippen LogP contribution in [0.3, 0.4) is 0 Å². The summed E-state index contributed by atoms with van der Waals surface area (Å²) in [5.41, 5.74) is 0. The van der Waals surface area contributed by atoms with Gasteiger partial charge in [-0.1, -0.05) is 0 Å². The van der Waals surface area contributed by atoms with Gasteiger partial charge in [-0.2, -0.15) is 0 Å². The highest BCUT2D eigenvalue weighted by Crippen LogP contribution is 2.40. The molecule has 15 heavy (non-hydrogen) atoms. The van der Waals surface area contributed by atoms with Gasteiger partial charge in [0.05, 0.1) is 12.5 Å². The van der Waals surface area contributed by atoms with Gasteiger partial charge in [0, 0.05) is 19.2 Å². The van der Waals surface area contributed by atoms with Gasteiger partial charge in [0.1, 0.15) is 0 Å². The van der Waals surface area contributed by atoms with Gasteiger partial charge in [-0.05, 0) is 32.2 Å². The highest BCUT2D eigenvalue weighted by Gasteiger charge is 2.46. The number of piperidine rings is 1. The Hall–Kier alpha value is -0.610. The highest BCUT2D eigenvalue weighted by molar-refractivity contribution is 5.67. The topological polar surface area (TPSA) is 49.8 Å². The lowest BCUT2D eigenvalue weighted by Gasteiger charge is -2.41. The third-order valence-corrected chi connectivity index (χ3v) is 4.02. The summed E-state index contributed by atoms with van der Waals surface area (Å²) < 4.78 is 5.50. The van der Waals surface area contributed by atoms with Crippen molar-refractivity contribution in [1.29, 1.82) is 0 Å². The number of nitrogens with zero attached hydrogens (tertiary/aromatic N) is 1. The number of carbonyl (C=O) groups is 1. The summed E-state index contributed by atoms with van der Waals surface area (Å²) in [6.45, 7) is 0. The van der Waals surface area contributed by atoms with Gasteiger partial charge >= 0.3 is 5.97 Å². The van der Waals surface area contributed by atoms with Crippen LogP contribution in [-0.4, -0.2) is 48.3 Å². The third-order valence-electron chi connectivity index (χ3n) is 4.02. The largest absolute Gasteiger partial charge is 0.481 e. The number of methoxy groups -OCH3 is 1. The fourth-order valence-electron chi connectivity index (χ4n) is 3.29. The smallest absolute Gasteiger partial charge is 0.303 e. The first-order chi connectivity index (χ1) is 7.13. The van der Waals surface area contributed by atoms with Gasteiger partial charge < -0.3 is 9.84 Å². The van der Waals surface area contributed by atoms with Gasteiger partial charge in [-0.15, -0.1) is 0 Å². The average molecular weight is 213 g/mol. The van der Waals surface area contributed by atoms with Gasteiger partial charge in [0.25, 0.3) is 0 Å². The zero-order valence-corrected chi connectivity index (χ0v) is 9.35. The molecule has 4 heteroatoms. The third kappa shape index (κ3) is 1.88. The number of carboxylic acids is 1. The minimum Gasteiger partial charge on any atom is -0.481 e. The number of carboxylic acid groups (broad SMARTS) is 1. The highest BCUT2D eigenvalue weighted by atomic mass is 16.5. The molecule has 4 atom stereocenters. The summed E-state index contributed by atoms with van der Waals surface area (Å²) >= 11 is 0. The van der Waals surface area contributed by atoms with Gasteiger partial charge in [-0.25, -0.2) is 0 Å². The van der Waals surface area contributed by atoms with Crippen LogP contribution in [0.4, 0.5) is 0 Å². The Morgan fingerprint density at radius 1 is 1.53 bits per heavy atom. The van der Waals surface area contributed by atoms with E-state index < -0.39 is 5.97 Å². The zero-order chi connectivity index (χ0) is 11.0. The van der Waals surface area contributed by atoms with E-state index in [0.29, 0.717) is 12.1 Å². The number of ether oxygens (including phenoxy) is 1. The quantitative estimate of drug-likeness (QED) is 0.758. The van der Waals surface area contributed by atoms with Crippen molar-refractivity contribution in [2.75, 3.05) is 14.2 Å². The second kappa shape index (κ2) is 4.10. The summed E-state index contributed by atoms with van der Waals surface area (Å²) in [5.74, 6) is -0.507. The van der Waals surface area contributed by atoms with E-state index in [-0.39, 0.29) is 18.4 Å². The number of aliphatic carboxylic acids is 1. The fourth-order valence-corrected chi connectivity index (χ4v) is 3.29. The Morgan fingerprint density at radius 3 is 2.87 bits per heavy atom. The van der Waals surface area contributed by atoms with Crippen LogP contribution in [0.2, 0.25) is 0 Å². The molecule has 0 spiro atoms. The Morgan fingerprint density at radius 2 is 2.27 bits per heavy atom. The van der Waals surface area contributed by atoms with E-state index in [4.69, 9.17) is 9.84 Å². The molecule has 2 heterocycles. The lowest BCUT2D eigenvalue weighted by atomic mass is 9.85. The van der Waals surface area contributed by atoms with Crippen LogP contribution in [-0.2, 0) is 9.53 Å². The van der Waals surface area contributed by atoms with Crippen molar-refractivity contribution in [2.24, 2.45) is 5.92 Å². The van der Waals surface area contributed by atoms with Crippen LogP contribution < -0.4 is 0 Å². The van der Waals surface area contributed by atoms with E-state index in [1.807, 2.05) is 0 Å². The number of hydrogen-bond acceptors (Lipinski definition) is 3. The summed E-state index contributed by atoms with van der Waals surface area (Å²) in [4.78, 5) is 13.1. The summed E-state index contributed by atoms with van der Waals surface area (Å²) in [6.07, 6.45) is 3.66. The Balaban J connectivity index is 2.10. The van der Waals surface area contributed by atoms with Gasteiger partial charge in [0.15, 0.2) is 0 Å². The number of hydrogen-bond donors (Lipinski definition) is 1. The first kappa shape index (κ1) is 10.9. The van der Waals surface area contributed by atoms with E-state index in [0.717, 1.165) is 12.8 Å². The molecule has 0 aromatic rings. The average Bonchev–Trinajstić information content (AvgIpc) is 2.45. The Bertz CT molecular complexity index is 256. The molecule has 0 saturated carbocycles. The van der Waals surface area contributed by atoms with E-state index in [1.54, 1.807) is 7.11 Å². The van der Waals surface area contributed by atoms with E-state index in [2.05, 4.69) is 11.9 Å². The first-order valence-corrected chi connectivity index (χ1v) is 5.60. The van der Waals surface area contributed by atoms with Crippen LogP contribution in [0.15, 0.2) is 0 Å². The van der Waals surface area contributed by atoms with Crippen molar-refractivity contribution < 1.29 is 14.6 Å². The molecule has 4 unspecified atom stereocenters. The fraction of sp³-hybridized carbons (Fsp3) is 0.909. The molecular formula is C11H19NO3. The normalized spacial score (nSPS) is 40.7. The van der Waals surface area contributed by atoms with E-state index >= 15 is 0 Å².